The SMILES string of the molecule is Cc1cc(C)c(N(c2ccccc2)c2ccc(/C=C/c3ccc4cc(N(c5ccccc5)c5c(C)cc(C)cc5C)ccc4c3)cc2)c(C)c1. The van der Waals surface area contributed by atoms with E-state index in [-0.39, 0.29) is 0 Å². The lowest BCUT2D eigenvalue weighted by Gasteiger charge is -2.29. The van der Waals surface area contributed by atoms with Gasteiger partial charge in [-0.15, -0.1) is 0 Å². The third kappa shape index (κ3) is 6.70. The van der Waals surface area contributed by atoms with Crippen molar-refractivity contribution in [2.75, 3.05) is 9.80 Å². The first-order valence-corrected chi connectivity index (χ1v) is 17.4. The summed E-state index contributed by atoms with van der Waals surface area (Å²) in [5.74, 6) is 0. The highest BCUT2D eigenvalue weighted by Gasteiger charge is 2.19. The molecule has 0 aliphatic carbocycles. The number of nitrogens with zero attached hydrogens (tertiary/aromatic N) is 2. The van der Waals surface area contributed by atoms with Crippen molar-refractivity contribution in [2.24, 2.45) is 0 Å². The Hall–Kier alpha value is -5.86. The highest BCUT2D eigenvalue weighted by molar-refractivity contribution is 5.92. The largest absolute Gasteiger partial charge is 0.310 e. The first kappa shape index (κ1) is 32.7. The predicted octanol–water partition coefficient (Wildman–Crippen LogP) is 13.8. The molecule has 7 rings (SSSR count). The summed E-state index contributed by atoms with van der Waals surface area (Å²) >= 11 is 0. The van der Waals surface area contributed by atoms with E-state index in [9.17, 15) is 0 Å². The van der Waals surface area contributed by atoms with Crippen molar-refractivity contribution in [3.63, 3.8) is 0 Å². The lowest BCUT2D eigenvalue weighted by atomic mass is 10.0. The Bertz CT molecular complexity index is 2270. The van der Waals surface area contributed by atoms with E-state index in [1.807, 2.05) is 0 Å². The minimum absolute atomic E-state index is 1.14. The van der Waals surface area contributed by atoms with Crippen LogP contribution in [0.5, 0.6) is 0 Å². The number of hydrogen-bond donors (Lipinski definition) is 0. The van der Waals surface area contributed by atoms with E-state index in [0.29, 0.717) is 0 Å². The monoisotopic (exact) mass is 648 g/mol. The molecule has 0 bridgehead atoms. The normalized spacial score (nSPS) is 11.3. The fraction of sp³-hybridized carbons (Fsp3) is 0.125. The molecule has 0 heterocycles. The van der Waals surface area contributed by atoms with E-state index in [0.717, 1.165) is 28.3 Å². The van der Waals surface area contributed by atoms with Crippen LogP contribution in [0.25, 0.3) is 22.9 Å². The third-order valence-corrected chi connectivity index (χ3v) is 9.47. The second-order valence-electron chi connectivity index (χ2n) is 13.6. The molecule has 0 amide bonds. The van der Waals surface area contributed by atoms with Gasteiger partial charge in [-0.2, -0.15) is 0 Å². The average Bonchev–Trinajstić information content (AvgIpc) is 3.11. The molecule has 7 aromatic carbocycles. The van der Waals surface area contributed by atoms with Gasteiger partial charge in [0.25, 0.3) is 0 Å². The third-order valence-electron chi connectivity index (χ3n) is 9.47. The van der Waals surface area contributed by atoms with Crippen molar-refractivity contribution < 1.29 is 0 Å². The highest BCUT2D eigenvalue weighted by Crippen LogP contribution is 2.41. The fourth-order valence-electron chi connectivity index (χ4n) is 7.44. The maximum Gasteiger partial charge on any atom is 0.0520 e. The molecule has 0 atom stereocenters. The van der Waals surface area contributed by atoms with E-state index >= 15 is 0 Å². The number of benzene rings is 7. The molecule has 0 unspecified atom stereocenters. The van der Waals surface area contributed by atoms with Crippen molar-refractivity contribution in [1.29, 1.82) is 0 Å². The van der Waals surface area contributed by atoms with E-state index in [1.54, 1.807) is 0 Å². The summed E-state index contributed by atoms with van der Waals surface area (Å²) in [6.07, 6.45) is 4.41. The lowest BCUT2D eigenvalue weighted by Crippen LogP contribution is -2.13. The lowest BCUT2D eigenvalue weighted by molar-refractivity contribution is 1.20. The van der Waals surface area contributed by atoms with Crippen LogP contribution in [0.1, 0.15) is 44.5 Å². The molecule has 0 spiro atoms. The second-order valence-corrected chi connectivity index (χ2v) is 13.6. The Morgan fingerprint density at radius 3 is 1.24 bits per heavy atom. The van der Waals surface area contributed by atoms with Crippen LogP contribution in [0.3, 0.4) is 0 Å². The fourth-order valence-corrected chi connectivity index (χ4v) is 7.44. The van der Waals surface area contributed by atoms with Gasteiger partial charge in [0.05, 0.1) is 11.4 Å². The van der Waals surface area contributed by atoms with Gasteiger partial charge in [-0.25, -0.2) is 0 Å². The molecule has 0 aliphatic rings. The smallest absolute Gasteiger partial charge is 0.0520 e. The zero-order valence-corrected chi connectivity index (χ0v) is 29.9. The Morgan fingerprint density at radius 1 is 0.340 bits per heavy atom. The van der Waals surface area contributed by atoms with Gasteiger partial charge >= 0.3 is 0 Å². The molecule has 7 aromatic rings. The standard InChI is InChI=1S/C48H44N2/c1-33-27-35(3)47(36(4)28-33)49(43-13-9-7-10-14-43)45-24-20-39(21-25-45)17-18-40-19-22-42-32-46(26-23-41(42)31-40)50(44-15-11-8-12-16-44)48-37(5)29-34(2)30-38(48)6/h7-32H,1-6H3/b18-17+. The summed E-state index contributed by atoms with van der Waals surface area (Å²) in [4.78, 5) is 4.76. The summed E-state index contributed by atoms with van der Waals surface area (Å²) in [7, 11) is 0. The maximum absolute atomic E-state index is 2.39. The average molecular weight is 649 g/mol. The Balaban J connectivity index is 1.17. The number of anilines is 6. The maximum atomic E-state index is 2.39. The summed E-state index contributed by atoms with van der Waals surface area (Å²) in [6.45, 7) is 13.2. The first-order valence-electron chi connectivity index (χ1n) is 17.4. The van der Waals surface area contributed by atoms with Crippen LogP contribution >= 0.6 is 0 Å². The molecule has 2 nitrogen and oxygen atoms in total. The van der Waals surface area contributed by atoms with Crippen LogP contribution in [-0.4, -0.2) is 0 Å². The Labute approximate surface area is 297 Å². The molecule has 0 saturated carbocycles. The van der Waals surface area contributed by atoms with Crippen LogP contribution in [0.2, 0.25) is 0 Å². The highest BCUT2D eigenvalue weighted by atomic mass is 15.2. The molecule has 0 fully saturated rings. The van der Waals surface area contributed by atoms with Crippen LogP contribution in [0.15, 0.2) is 146 Å². The van der Waals surface area contributed by atoms with Crippen LogP contribution in [0, 0.1) is 41.5 Å². The van der Waals surface area contributed by atoms with E-state index in [1.165, 1.54) is 61.1 Å². The molecule has 50 heavy (non-hydrogen) atoms. The van der Waals surface area contributed by atoms with Crippen molar-refractivity contribution in [3.8, 4) is 0 Å². The Kier molecular flexibility index (Phi) is 9.11. The minimum Gasteiger partial charge on any atom is -0.310 e. The second kappa shape index (κ2) is 13.9. The minimum atomic E-state index is 1.14. The molecule has 0 N–H and O–H groups in total. The van der Waals surface area contributed by atoms with Crippen LogP contribution in [0.4, 0.5) is 34.1 Å². The summed E-state index contributed by atoms with van der Waals surface area (Å²) in [5, 5.41) is 2.44. The van der Waals surface area contributed by atoms with Crippen LogP contribution < -0.4 is 9.80 Å². The summed E-state index contributed by atoms with van der Waals surface area (Å²) < 4.78 is 0. The summed E-state index contributed by atoms with van der Waals surface area (Å²) in [5.41, 5.74) is 17.1. The quantitative estimate of drug-likeness (QED) is 0.151. The molecule has 246 valence electrons. The van der Waals surface area contributed by atoms with E-state index < -0.39 is 0 Å². The van der Waals surface area contributed by atoms with Gasteiger partial charge in [0.2, 0.25) is 0 Å². The van der Waals surface area contributed by atoms with Gasteiger partial charge in [-0.1, -0.05) is 114 Å². The zero-order chi connectivity index (χ0) is 34.8. The topological polar surface area (TPSA) is 6.48 Å². The Morgan fingerprint density at radius 2 is 0.720 bits per heavy atom. The molecule has 0 radical (unpaired) electrons. The number of rotatable bonds is 8. The van der Waals surface area contributed by atoms with Gasteiger partial charge in [-0.3, -0.25) is 0 Å². The zero-order valence-electron chi connectivity index (χ0n) is 29.9. The molecular weight excluding hydrogens is 605 g/mol. The number of fused-ring (bicyclic) bond motifs is 1. The van der Waals surface area contributed by atoms with Crippen LogP contribution in [-0.2, 0) is 0 Å². The molecule has 2 heteroatoms. The first-order chi connectivity index (χ1) is 24.2. The molecule has 0 saturated heterocycles. The summed E-state index contributed by atoms with van der Waals surface area (Å²) in [6, 6.07) is 52.8. The van der Waals surface area contributed by atoms with Gasteiger partial charge in [0.15, 0.2) is 0 Å². The van der Waals surface area contributed by atoms with Gasteiger partial charge in [0, 0.05) is 22.7 Å². The van der Waals surface area contributed by atoms with Crippen molar-refractivity contribution >= 4 is 57.0 Å². The predicted molar refractivity (Wildman–Crippen MR) is 217 cm³/mol. The molecule has 0 aliphatic heterocycles. The van der Waals surface area contributed by atoms with Gasteiger partial charge < -0.3 is 9.80 Å². The molecular formula is C48H44N2. The van der Waals surface area contributed by atoms with Crippen molar-refractivity contribution in [2.45, 2.75) is 41.5 Å². The number of para-hydroxylation sites is 2. The number of aryl methyl sites for hydroxylation is 6. The van der Waals surface area contributed by atoms with Crippen molar-refractivity contribution in [3.05, 3.63) is 190 Å². The van der Waals surface area contributed by atoms with E-state index in [2.05, 4.69) is 209 Å². The van der Waals surface area contributed by atoms with Gasteiger partial charge in [0.1, 0.15) is 0 Å². The van der Waals surface area contributed by atoms with Crippen molar-refractivity contribution in [1.82, 2.24) is 0 Å². The van der Waals surface area contributed by atoms with Gasteiger partial charge in [-0.05, 0) is 140 Å². The number of hydrogen-bond acceptors (Lipinski definition) is 2. The molecule has 0 aromatic heterocycles. The van der Waals surface area contributed by atoms with E-state index in [4.69, 9.17) is 0 Å².